The molecule has 0 aliphatic heterocycles. The lowest BCUT2D eigenvalue weighted by atomic mass is 10.1. The minimum atomic E-state index is -4.65. The standard InChI is InChI=1S/C18H15F3N2O3S2.CH2O3/c1-10-16(11-5-3-2-4-6-11)17(10)23-28(24,25)15-8-7-13(27-15)12-9-14(26-22-12)18(19,20)21;2-1(3)4/h2-10,16-17,23H,1H3;(H2,2,3,4)/t10-,16-,17+;/m0./s1. The molecule has 0 bridgehead atoms. The summed E-state index contributed by atoms with van der Waals surface area (Å²) in [4.78, 5) is 8.84. The van der Waals surface area contributed by atoms with Crippen LogP contribution >= 0.6 is 11.3 Å². The van der Waals surface area contributed by atoms with E-state index in [1.807, 2.05) is 37.3 Å². The van der Waals surface area contributed by atoms with E-state index in [-0.39, 0.29) is 32.7 Å². The van der Waals surface area contributed by atoms with Gasteiger partial charge in [-0.1, -0.05) is 42.4 Å². The highest BCUT2D eigenvalue weighted by atomic mass is 32.2. The van der Waals surface area contributed by atoms with Gasteiger partial charge in [0.2, 0.25) is 15.8 Å². The lowest BCUT2D eigenvalue weighted by molar-refractivity contribution is -0.155. The predicted molar refractivity (Wildman–Crippen MR) is 108 cm³/mol. The van der Waals surface area contributed by atoms with Gasteiger partial charge in [0.05, 0.1) is 4.88 Å². The SMILES string of the molecule is C[C@@H]1[C@@H](NS(=O)(=O)c2ccc(-c3cc(C(F)(F)F)on3)s2)[C@@H]1c1ccccc1.O=C(O)O. The molecule has 1 aromatic carbocycles. The average Bonchev–Trinajstić information content (AvgIpc) is 3.15. The summed E-state index contributed by atoms with van der Waals surface area (Å²) in [6, 6.07) is 12.9. The first-order valence-corrected chi connectivity index (χ1v) is 11.3. The highest BCUT2D eigenvalue weighted by Gasteiger charge is 2.49. The maximum absolute atomic E-state index is 12.7. The number of alkyl halides is 3. The van der Waals surface area contributed by atoms with E-state index in [0.717, 1.165) is 23.0 Å². The first-order valence-electron chi connectivity index (χ1n) is 9.03. The zero-order chi connectivity index (χ0) is 23.7. The van der Waals surface area contributed by atoms with E-state index >= 15 is 0 Å². The van der Waals surface area contributed by atoms with Crippen LogP contribution in [-0.4, -0.2) is 36.0 Å². The molecular weight excluding hydrogens is 473 g/mol. The third kappa shape index (κ3) is 5.47. The first-order chi connectivity index (χ1) is 14.9. The van der Waals surface area contributed by atoms with Gasteiger partial charge in [-0.2, -0.15) is 13.2 Å². The second-order valence-electron chi connectivity index (χ2n) is 6.92. The molecule has 2 aromatic heterocycles. The number of halogens is 3. The Bertz CT molecular complexity index is 1190. The van der Waals surface area contributed by atoms with Crippen LogP contribution < -0.4 is 4.72 Å². The molecule has 0 spiro atoms. The van der Waals surface area contributed by atoms with Crippen LogP contribution in [0.25, 0.3) is 10.6 Å². The Labute approximate surface area is 184 Å². The molecule has 0 unspecified atom stereocenters. The van der Waals surface area contributed by atoms with Crippen LogP contribution in [0.1, 0.15) is 24.2 Å². The molecular formula is C19H17F3N2O6S2. The summed E-state index contributed by atoms with van der Waals surface area (Å²) in [6.45, 7) is 1.97. The summed E-state index contributed by atoms with van der Waals surface area (Å²) in [5.74, 6) is -0.974. The fourth-order valence-corrected chi connectivity index (χ4v) is 5.82. The van der Waals surface area contributed by atoms with Crippen molar-refractivity contribution in [2.45, 2.75) is 29.3 Å². The Kier molecular flexibility index (Phi) is 6.62. The highest BCUT2D eigenvalue weighted by molar-refractivity contribution is 7.91. The Balaban J connectivity index is 0.000000668. The van der Waals surface area contributed by atoms with Gasteiger partial charge in [0.25, 0.3) is 0 Å². The second kappa shape index (κ2) is 8.92. The number of aromatic nitrogens is 1. The zero-order valence-corrected chi connectivity index (χ0v) is 17.9. The van der Waals surface area contributed by atoms with E-state index in [1.54, 1.807) is 0 Å². The summed E-state index contributed by atoms with van der Waals surface area (Å²) in [6.07, 6.45) is -6.48. The minimum absolute atomic E-state index is 0.0185. The highest BCUT2D eigenvalue weighted by Crippen LogP contribution is 2.48. The number of benzene rings is 1. The molecule has 1 saturated carbocycles. The molecule has 0 amide bonds. The van der Waals surface area contributed by atoms with Crippen LogP contribution in [0.5, 0.6) is 0 Å². The van der Waals surface area contributed by atoms with Crippen molar-refractivity contribution in [2.24, 2.45) is 5.92 Å². The summed E-state index contributed by atoms with van der Waals surface area (Å²) in [5.41, 5.74) is 1.01. The molecule has 4 rings (SSSR count). The molecule has 3 N–H and O–H groups in total. The number of thiophene rings is 1. The van der Waals surface area contributed by atoms with Gasteiger partial charge in [-0.05, 0) is 23.6 Å². The molecule has 3 aromatic rings. The largest absolute Gasteiger partial charge is 0.503 e. The number of sulfonamides is 1. The van der Waals surface area contributed by atoms with Crippen molar-refractivity contribution in [3.8, 4) is 10.6 Å². The molecule has 13 heteroatoms. The van der Waals surface area contributed by atoms with E-state index in [1.165, 1.54) is 12.1 Å². The molecule has 3 atom stereocenters. The molecule has 1 aliphatic rings. The summed E-state index contributed by atoms with van der Waals surface area (Å²) >= 11 is 0.845. The van der Waals surface area contributed by atoms with Gasteiger partial charge in [-0.3, -0.25) is 0 Å². The lowest BCUT2D eigenvalue weighted by Gasteiger charge is -2.04. The molecule has 2 heterocycles. The van der Waals surface area contributed by atoms with Gasteiger partial charge in [0.1, 0.15) is 9.90 Å². The first kappa shape index (κ1) is 23.8. The van der Waals surface area contributed by atoms with Crippen molar-refractivity contribution < 1.29 is 41.1 Å². The van der Waals surface area contributed by atoms with Gasteiger partial charge in [-0.25, -0.2) is 17.9 Å². The smallest absolute Gasteiger partial charge is 0.450 e. The van der Waals surface area contributed by atoms with Crippen molar-refractivity contribution in [1.29, 1.82) is 0 Å². The van der Waals surface area contributed by atoms with Crippen molar-refractivity contribution in [3.05, 3.63) is 59.9 Å². The van der Waals surface area contributed by atoms with Crippen molar-refractivity contribution in [1.82, 2.24) is 9.88 Å². The Morgan fingerprint density at radius 1 is 1.16 bits per heavy atom. The fourth-order valence-electron chi connectivity index (χ4n) is 3.19. The van der Waals surface area contributed by atoms with Gasteiger partial charge in [-0.15, -0.1) is 11.3 Å². The van der Waals surface area contributed by atoms with Gasteiger partial charge >= 0.3 is 12.3 Å². The molecule has 0 radical (unpaired) electrons. The fraction of sp³-hybridized carbons (Fsp3) is 0.263. The number of carboxylic acid groups (broad SMARTS) is 2. The van der Waals surface area contributed by atoms with Crippen molar-refractivity contribution in [2.75, 3.05) is 0 Å². The van der Waals surface area contributed by atoms with Crippen LogP contribution in [0, 0.1) is 5.92 Å². The number of carbonyl (C=O) groups is 1. The van der Waals surface area contributed by atoms with E-state index in [9.17, 15) is 21.6 Å². The van der Waals surface area contributed by atoms with Crippen LogP contribution in [-0.2, 0) is 16.2 Å². The summed E-state index contributed by atoms with van der Waals surface area (Å²) < 4.78 is 70.3. The maximum Gasteiger partial charge on any atom is 0.503 e. The molecule has 1 fully saturated rings. The van der Waals surface area contributed by atoms with Crippen LogP contribution in [0.4, 0.5) is 18.0 Å². The number of hydrogen-bond acceptors (Lipinski definition) is 6. The predicted octanol–water partition coefficient (Wildman–Crippen LogP) is 4.72. The number of nitrogens with one attached hydrogen (secondary N) is 1. The molecule has 0 saturated heterocycles. The Morgan fingerprint density at radius 3 is 2.34 bits per heavy atom. The molecule has 8 nitrogen and oxygen atoms in total. The lowest BCUT2D eigenvalue weighted by Crippen LogP contribution is -2.27. The van der Waals surface area contributed by atoms with Crippen LogP contribution in [0.15, 0.2) is 57.3 Å². The summed E-state index contributed by atoms with van der Waals surface area (Å²) in [7, 11) is -3.79. The monoisotopic (exact) mass is 490 g/mol. The van der Waals surface area contributed by atoms with E-state index in [2.05, 4.69) is 14.4 Å². The maximum atomic E-state index is 12.7. The Hall–Kier alpha value is -2.90. The van der Waals surface area contributed by atoms with E-state index in [4.69, 9.17) is 15.0 Å². The van der Waals surface area contributed by atoms with E-state index < -0.39 is 28.1 Å². The van der Waals surface area contributed by atoms with Gasteiger partial charge < -0.3 is 14.7 Å². The molecule has 172 valence electrons. The third-order valence-corrected chi connectivity index (χ3v) is 7.80. The minimum Gasteiger partial charge on any atom is -0.450 e. The third-order valence-electron chi connectivity index (χ3n) is 4.74. The molecule has 32 heavy (non-hydrogen) atoms. The summed E-state index contributed by atoms with van der Waals surface area (Å²) in [5, 5.41) is 17.3. The van der Waals surface area contributed by atoms with Gasteiger partial charge in [0.15, 0.2) is 0 Å². The second-order valence-corrected chi connectivity index (χ2v) is 9.94. The number of hydrogen-bond donors (Lipinski definition) is 3. The van der Waals surface area contributed by atoms with Crippen LogP contribution in [0.2, 0.25) is 0 Å². The topological polar surface area (TPSA) is 130 Å². The van der Waals surface area contributed by atoms with Crippen molar-refractivity contribution in [3.63, 3.8) is 0 Å². The number of nitrogens with zero attached hydrogens (tertiary/aromatic N) is 1. The van der Waals surface area contributed by atoms with E-state index in [0.29, 0.717) is 0 Å². The zero-order valence-electron chi connectivity index (χ0n) is 16.3. The van der Waals surface area contributed by atoms with Gasteiger partial charge in [0, 0.05) is 18.0 Å². The number of rotatable bonds is 5. The average molecular weight is 490 g/mol. The quantitative estimate of drug-likeness (QED) is 0.472. The van der Waals surface area contributed by atoms with Crippen molar-refractivity contribution >= 4 is 27.5 Å². The molecule has 1 aliphatic carbocycles. The normalized spacial score (nSPS) is 20.3. The Morgan fingerprint density at radius 2 is 1.78 bits per heavy atom. The van der Waals surface area contributed by atoms with Crippen LogP contribution in [0.3, 0.4) is 0 Å².